The number of ether oxygens (including phenoxy) is 1. The molecule has 124 valence electrons. The Morgan fingerprint density at radius 2 is 2.19 bits per heavy atom. The molecule has 0 bridgehead atoms. The monoisotopic (exact) mass is 300 g/mol. The fraction of sp³-hybridized carbons (Fsp3) is 0.938. The van der Waals surface area contributed by atoms with Crippen LogP contribution in [0.5, 0.6) is 0 Å². The fourth-order valence-corrected chi connectivity index (χ4v) is 3.39. The van der Waals surface area contributed by atoms with Crippen molar-refractivity contribution >= 4 is 5.97 Å². The predicted molar refractivity (Wildman–Crippen MR) is 84.6 cm³/mol. The molecular weight excluding hydrogens is 268 g/mol. The Labute approximate surface area is 129 Å². The van der Waals surface area contributed by atoms with Crippen molar-refractivity contribution in [2.75, 3.05) is 39.9 Å². The SMILES string of the molecule is CCCNC1(C(=O)O)CCCC1CCN(CC)CCOC. The molecule has 0 aromatic heterocycles. The number of rotatable bonds is 11. The Morgan fingerprint density at radius 3 is 2.76 bits per heavy atom. The maximum Gasteiger partial charge on any atom is 0.324 e. The molecule has 0 aliphatic heterocycles. The second kappa shape index (κ2) is 9.38. The minimum absolute atomic E-state index is 0.234. The molecule has 2 N–H and O–H groups in total. The Balaban J connectivity index is 2.59. The number of hydrogen-bond donors (Lipinski definition) is 2. The van der Waals surface area contributed by atoms with Crippen LogP contribution in [0.4, 0.5) is 0 Å². The van der Waals surface area contributed by atoms with Crippen LogP contribution in [0.3, 0.4) is 0 Å². The highest BCUT2D eigenvalue weighted by Gasteiger charge is 2.48. The molecule has 1 rings (SSSR count). The second-order valence-corrected chi connectivity index (χ2v) is 6.01. The van der Waals surface area contributed by atoms with Gasteiger partial charge in [-0.1, -0.05) is 20.3 Å². The molecule has 0 saturated heterocycles. The summed E-state index contributed by atoms with van der Waals surface area (Å²) in [6.45, 7) is 8.59. The van der Waals surface area contributed by atoms with Crippen LogP contribution in [0, 0.1) is 5.92 Å². The van der Waals surface area contributed by atoms with Crippen LogP contribution in [-0.2, 0) is 9.53 Å². The second-order valence-electron chi connectivity index (χ2n) is 6.01. The molecule has 0 aromatic rings. The quantitative estimate of drug-likeness (QED) is 0.611. The highest BCUT2D eigenvalue weighted by Crippen LogP contribution is 2.38. The third-order valence-electron chi connectivity index (χ3n) is 4.75. The van der Waals surface area contributed by atoms with Crippen molar-refractivity contribution in [3.8, 4) is 0 Å². The van der Waals surface area contributed by atoms with Crippen LogP contribution in [0.25, 0.3) is 0 Å². The van der Waals surface area contributed by atoms with E-state index in [1.54, 1.807) is 7.11 Å². The summed E-state index contributed by atoms with van der Waals surface area (Å²) in [5, 5.41) is 13.1. The summed E-state index contributed by atoms with van der Waals surface area (Å²) in [7, 11) is 1.72. The highest BCUT2D eigenvalue weighted by molar-refractivity contribution is 5.79. The molecule has 0 amide bonds. The van der Waals surface area contributed by atoms with Crippen molar-refractivity contribution in [1.29, 1.82) is 0 Å². The first-order valence-corrected chi connectivity index (χ1v) is 8.30. The van der Waals surface area contributed by atoms with E-state index in [1.807, 2.05) is 0 Å². The van der Waals surface area contributed by atoms with E-state index in [1.165, 1.54) is 0 Å². The van der Waals surface area contributed by atoms with Crippen molar-refractivity contribution in [1.82, 2.24) is 10.2 Å². The van der Waals surface area contributed by atoms with E-state index in [9.17, 15) is 9.90 Å². The number of nitrogens with one attached hydrogen (secondary N) is 1. The van der Waals surface area contributed by atoms with Crippen molar-refractivity contribution in [2.45, 2.75) is 51.5 Å². The molecule has 1 aliphatic carbocycles. The summed E-state index contributed by atoms with van der Waals surface area (Å²) in [5.41, 5.74) is -0.698. The summed E-state index contributed by atoms with van der Waals surface area (Å²) in [6.07, 6.45) is 4.71. The molecule has 5 nitrogen and oxygen atoms in total. The largest absolute Gasteiger partial charge is 0.480 e. The molecule has 2 atom stereocenters. The van der Waals surface area contributed by atoms with Gasteiger partial charge in [0.2, 0.25) is 0 Å². The van der Waals surface area contributed by atoms with Crippen LogP contribution in [0.15, 0.2) is 0 Å². The van der Waals surface area contributed by atoms with Crippen LogP contribution in [0.1, 0.15) is 46.0 Å². The molecule has 0 aromatic carbocycles. The maximum atomic E-state index is 11.8. The molecule has 21 heavy (non-hydrogen) atoms. The zero-order valence-electron chi connectivity index (χ0n) is 13.9. The number of carboxylic acids is 1. The molecule has 1 aliphatic rings. The van der Waals surface area contributed by atoms with E-state index in [0.717, 1.165) is 64.9 Å². The number of likely N-dealkylation sites (N-methyl/N-ethyl adjacent to an activating group) is 1. The lowest BCUT2D eigenvalue weighted by atomic mass is 9.84. The average molecular weight is 300 g/mol. The molecule has 1 fully saturated rings. The topological polar surface area (TPSA) is 61.8 Å². The third kappa shape index (κ3) is 4.94. The van der Waals surface area contributed by atoms with Gasteiger partial charge in [0, 0.05) is 13.7 Å². The number of methoxy groups -OCH3 is 1. The molecule has 0 spiro atoms. The molecule has 5 heteroatoms. The van der Waals surface area contributed by atoms with E-state index < -0.39 is 11.5 Å². The zero-order valence-corrected chi connectivity index (χ0v) is 13.9. The van der Waals surface area contributed by atoms with Crippen molar-refractivity contribution in [2.24, 2.45) is 5.92 Å². The van der Waals surface area contributed by atoms with Gasteiger partial charge >= 0.3 is 5.97 Å². The minimum atomic E-state index is -0.698. The molecular formula is C16H32N2O3. The lowest BCUT2D eigenvalue weighted by Crippen LogP contribution is -2.55. The smallest absolute Gasteiger partial charge is 0.324 e. The zero-order chi connectivity index (χ0) is 15.7. The van der Waals surface area contributed by atoms with E-state index in [-0.39, 0.29) is 5.92 Å². The van der Waals surface area contributed by atoms with E-state index in [2.05, 4.69) is 24.1 Å². The van der Waals surface area contributed by atoms with Gasteiger partial charge in [-0.25, -0.2) is 0 Å². The summed E-state index contributed by atoms with van der Waals surface area (Å²) < 4.78 is 5.13. The van der Waals surface area contributed by atoms with Gasteiger partial charge in [-0.15, -0.1) is 0 Å². The minimum Gasteiger partial charge on any atom is -0.480 e. The predicted octanol–water partition coefficient (Wildman–Crippen LogP) is 1.97. The van der Waals surface area contributed by atoms with Crippen LogP contribution >= 0.6 is 0 Å². The Bertz CT molecular complexity index is 312. The van der Waals surface area contributed by atoms with Gasteiger partial charge in [-0.05, 0) is 51.2 Å². The maximum absolute atomic E-state index is 11.8. The lowest BCUT2D eigenvalue weighted by Gasteiger charge is -2.34. The van der Waals surface area contributed by atoms with Crippen molar-refractivity contribution < 1.29 is 14.6 Å². The third-order valence-corrected chi connectivity index (χ3v) is 4.75. The van der Waals surface area contributed by atoms with Crippen LogP contribution < -0.4 is 5.32 Å². The van der Waals surface area contributed by atoms with E-state index >= 15 is 0 Å². The van der Waals surface area contributed by atoms with Gasteiger partial charge in [-0.3, -0.25) is 4.79 Å². The van der Waals surface area contributed by atoms with Gasteiger partial charge in [0.15, 0.2) is 0 Å². The Kier molecular flexibility index (Phi) is 8.22. The standard InChI is InChI=1S/C16H32N2O3/c1-4-10-17-16(15(19)20)9-6-7-14(16)8-11-18(5-2)12-13-21-3/h14,17H,4-13H2,1-3H3,(H,19,20). The average Bonchev–Trinajstić information content (AvgIpc) is 2.89. The molecule has 1 saturated carbocycles. The van der Waals surface area contributed by atoms with E-state index in [0.29, 0.717) is 0 Å². The van der Waals surface area contributed by atoms with Crippen LogP contribution in [-0.4, -0.2) is 61.4 Å². The number of nitrogens with zero attached hydrogens (tertiary/aromatic N) is 1. The number of hydrogen-bond acceptors (Lipinski definition) is 4. The number of aliphatic carboxylic acids is 1. The first kappa shape index (κ1) is 18.4. The lowest BCUT2D eigenvalue weighted by molar-refractivity contribution is -0.146. The van der Waals surface area contributed by atoms with Gasteiger partial charge in [0.1, 0.15) is 5.54 Å². The molecule has 2 unspecified atom stereocenters. The normalized spacial score (nSPS) is 25.6. The molecule has 0 heterocycles. The number of carboxylic acid groups (broad SMARTS) is 1. The summed E-state index contributed by atoms with van der Waals surface area (Å²) >= 11 is 0. The Hall–Kier alpha value is -0.650. The van der Waals surface area contributed by atoms with E-state index in [4.69, 9.17) is 4.74 Å². The van der Waals surface area contributed by atoms with Crippen molar-refractivity contribution in [3.05, 3.63) is 0 Å². The molecule has 0 radical (unpaired) electrons. The Morgan fingerprint density at radius 1 is 1.43 bits per heavy atom. The summed E-state index contributed by atoms with van der Waals surface area (Å²) in [4.78, 5) is 14.2. The summed E-state index contributed by atoms with van der Waals surface area (Å²) in [6, 6.07) is 0. The summed E-state index contributed by atoms with van der Waals surface area (Å²) in [5.74, 6) is -0.434. The van der Waals surface area contributed by atoms with Crippen molar-refractivity contribution in [3.63, 3.8) is 0 Å². The fourth-order valence-electron chi connectivity index (χ4n) is 3.39. The van der Waals surface area contributed by atoms with Crippen LogP contribution in [0.2, 0.25) is 0 Å². The number of carbonyl (C=O) groups is 1. The van der Waals surface area contributed by atoms with Gasteiger partial charge in [-0.2, -0.15) is 0 Å². The van der Waals surface area contributed by atoms with Gasteiger partial charge in [0.05, 0.1) is 6.61 Å². The van der Waals surface area contributed by atoms with Gasteiger partial charge < -0.3 is 20.1 Å². The van der Waals surface area contributed by atoms with Gasteiger partial charge in [0.25, 0.3) is 0 Å². The first-order valence-electron chi connectivity index (χ1n) is 8.30. The highest BCUT2D eigenvalue weighted by atomic mass is 16.5. The first-order chi connectivity index (χ1) is 10.1.